The lowest BCUT2D eigenvalue weighted by Crippen LogP contribution is -2.13. The van der Waals surface area contributed by atoms with Gasteiger partial charge < -0.3 is 0 Å². The predicted molar refractivity (Wildman–Crippen MR) is 131 cm³/mol. The Balaban J connectivity index is 1.47. The number of unbranched alkanes of at least 4 members (excludes halogenated alkanes) is 9. The fourth-order valence-electron chi connectivity index (χ4n) is 6.35. The second kappa shape index (κ2) is 12.1. The van der Waals surface area contributed by atoms with E-state index >= 15 is 0 Å². The topological polar surface area (TPSA) is 0 Å². The van der Waals surface area contributed by atoms with Gasteiger partial charge in [-0.25, -0.2) is 0 Å². The summed E-state index contributed by atoms with van der Waals surface area (Å²) in [6, 6.07) is 0. The van der Waals surface area contributed by atoms with Crippen LogP contribution in [0.2, 0.25) is 0 Å². The molecule has 0 N–H and O–H groups in total. The molecular formula is C29H56. The summed E-state index contributed by atoms with van der Waals surface area (Å²) in [6.07, 6.45) is 25.1. The lowest BCUT2D eigenvalue weighted by atomic mass is 9.80. The molecule has 0 heteroatoms. The molecule has 2 rings (SSSR count). The summed E-state index contributed by atoms with van der Waals surface area (Å²) in [5, 5.41) is 0. The summed E-state index contributed by atoms with van der Waals surface area (Å²) in [5.41, 5.74) is 1.23. The molecule has 4 unspecified atom stereocenters. The summed E-state index contributed by atoms with van der Waals surface area (Å²) in [4.78, 5) is 0. The molecule has 2 aliphatic rings. The van der Waals surface area contributed by atoms with Crippen LogP contribution in [0.15, 0.2) is 0 Å². The van der Waals surface area contributed by atoms with Crippen molar-refractivity contribution in [3.8, 4) is 0 Å². The molecule has 4 atom stereocenters. The molecule has 0 saturated heterocycles. The molecule has 0 aromatic heterocycles. The third-order valence-corrected chi connectivity index (χ3v) is 8.78. The van der Waals surface area contributed by atoms with Crippen LogP contribution in [0.5, 0.6) is 0 Å². The van der Waals surface area contributed by atoms with Crippen molar-refractivity contribution >= 4 is 0 Å². The molecule has 0 radical (unpaired) electrons. The average Bonchev–Trinajstić information content (AvgIpc) is 3.51. The first-order chi connectivity index (χ1) is 13.8. The van der Waals surface area contributed by atoms with Gasteiger partial charge in [0.05, 0.1) is 0 Å². The zero-order valence-electron chi connectivity index (χ0n) is 21.3. The van der Waals surface area contributed by atoms with Gasteiger partial charge in [0.1, 0.15) is 0 Å². The van der Waals surface area contributed by atoms with Crippen molar-refractivity contribution in [2.24, 2.45) is 34.5 Å². The second-order valence-electron chi connectivity index (χ2n) is 12.5. The van der Waals surface area contributed by atoms with E-state index in [2.05, 4.69) is 41.5 Å². The Hall–Kier alpha value is 0. The SMILES string of the molecule is CCCCCCCCCCCC1C(CC)C1CCCCC(C)(C)CC1CC1(C)C. The maximum Gasteiger partial charge on any atom is -0.0323 e. The summed E-state index contributed by atoms with van der Waals surface area (Å²) in [6.45, 7) is 14.7. The number of hydrogen-bond donors (Lipinski definition) is 0. The van der Waals surface area contributed by atoms with Crippen LogP contribution in [0.3, 0.4) is 0 Å². The first kappa shape index (κ1) is 25.3. The molecule has 0 aliphatic heterocycles. The highest BCUT2D eigenvalue weighted by molar-refractivity contribution is 4.98. The minimum Gasteiger partial charge on any atom is -0.0654 e. The van der Waals surface area contributed by atoms with Crippen molar-refractivity contribution in [3.63, 3.8) is 0 Å². The molecule has 0 spiro atoms. The maximum atomic E-state index is 2.53. The quantitative estimate of drug-likeness (QED) is 0.199. The van der Waals surface area contributed by atoms with Crippen LogP contribution in [0, 0.1) is 34.5 Å². The Morgan fingerprint density at radius 2 is 1.17 bits per heavy atom. The van der Waals surface area contributed by atoms with Crippen LogP contribution in [-0.4, -0.2) is 0 Å². The van der Waals surface area contributed by atoms with E-state index in [1.54, 1.807) is 6.42 Å². The lowest BCUT2D eigenvalue weighted by Gasteiger charge is -2.25. The van der Waals surface area contributed by atoms with Crippen molar-refractivity contribution < 1.29 is 0 Å². The van der Waals surface area contributed by atoms with Crippen molar-refractivity contribution in [2.45, 2.75) is 151 Å². The third kappa shape index (κ3) is 9.35. The van der Waals surface area contributed by atoms with Crippen molar-refractivity contribution in [3.05, 3.63) is 0 Å². The van der Waals surface area contributed by atoms with Crippen molar-refractivity contribution in [1.29, 1.82) is 0 Å². The van der Waals surface area contributed by atoms with E-state index in [9.17, 15) is 0 Å². The summed E-state index contributed by atoms with van der Waals surface area (Å²) in [5.74, 6) is 4.29. The molecule has 172 valence electrons. The first-order valence-corrected chi connectivity index (χ1v) is 13.8. The normalized spacial score (nSPS) is 27.9. The molecule has 0 bridgehead atoms. The fraction of sp³-hybridized carbons (Fsp3) is 1.00. The van der Waals surface area contributed by atoms with Gasteiger partial charge in [-0.2, -0.15) is 0 Å². The van der Waals surface area contributed by atoms with Crippen LogP contribution >= 0.6 is 0 Å². The van der Waals surface area contributed by atoms with Crippen molar-refractivity contribution in [2.75, 3.05) is 0 Å². The molecule has 0 aromatic rings. The largest absolute Gasteiger partial charge is 0.0654 e. The Morgan fingerprint density at radius 1 is 0.690 bits per heavy atom. The second-order valence-corrected chi connectivity index (χ2v) is 12.5. The van der Waals surface area contributed by atoms with Gasteiger partial charge in [0.15, 0.2) is 0 Å². The molecule has 2 aliphatic carbocycles. The van der Waals surface area contributed by atoms with Crippen LogP contribution in [0.4, 0.5) is 0 Å². The Morgan fingerprint density at radius 3 is 1.66 bits per heavy atom. The smallest absolute Gasteiger partial charge is 0.0323 e. The van der Waals surface area contributed by atoms with Gasteiger partial charge in [0.25, 0.3) is 0 Å². The van der Waals surface area contributed by atoms with Crippen LogP contribution in [0.25, 0.3) is 0 Å². The molecule has 29 heavy (non-hydrogen) atoms. The van der Waals surface area contributed by atoms with Crippen LogP contribution in [0.1, 0.15) is 151 Å². The lowest BCUT2D eigenvalue weighted by molar-refractivity contribution is 0.262. The van der Waals surface area contributed by atoms with Gasteiger partial charge in [0.2, 0.25) is 0 Å². The van der Waals surface area contributed by atoms with E-state index in [1.807, 2.05) is 0 Å². The van der Waals surface area contributed by atoms with Gasteiger partial charge in [-0.1, -0.05) is 119 Å². The molecular weight excluding hydrogens is 348 g/mol. The van der Waals surface area contributed by atoms with E-state index in [-0.39, 0.29) is 0 Å². The number of hydrogen-bond acceptors (Lipinski definition) is 0. The molecule has 0 heterocycles. The van der Waals surface area contributed by atoms with E-state index in [4.69, 9.17) is 0 Å². The van der Waals surface area contributed by atoms with Crippen molar-refractivity contribution in [1.82, 2.24) is 0 Å². The van der Waals surface area contributed by atoms with Crippen LogP contribution < -0.4 is 0 Å². The molecule has 0 nitrogen and oxygen atoms in total. The summed E-state index contributed by atoms with van der Waals surface area (Å²) >= 11 is 0. The highest BCUT2D eigenvalue weighted by atomic mass is 14.5. The summed E-state index contributed by atoms with van der Waals surface area (Å²) in [7, 11) is 0. The Kier molecular flexibility index (Phi) is 10.6. The van der Waals surface area contributed by atoms with Gasteiger partial charge in [0, 0.05) is 0 Å². The highest BCUT2D eigenvalue weighted by Crippen LogP contribution is 2.57. The monoisotopic (exact) mass is 404 g/mol. The summed E-state index contributed by atoms with van der Waals surface area (Å²) < 4.78 is 0. The average molecular weight is 405 g/mol. The fourth-order valence-corrected chi connectivity index (χ4v) is 6.35. The van der Waals surface area contributed by atoms with E-state index in [0.29, 0.717) is 10.8 Å². The minimum absolute atomic E-state index is 0.572. The third-order valence-electron chi connectivity index (χ3n) is 8.78. The molecule has 2 fully saturated rings. The predicted octanol–water partition coefficient (Wildman–Crippen LogP) is 10.2. The zero-order valence-corrected chi connectivity index (χ0v) is 21.3. The van der Waals surface area contributed by atoms with E-state index in [0.717, 1.165) is 23.7 Å². The molecule has 0 aromatic carbocycles. The zero-order chi connectivity index (χ0) is 21.3. The van der Waals surface area contributed by atoms with Gasteiger partial charge >= 0.3 is 0 Å². The molecule has 2 saturated carbocycles. The van der Waals surface area contributed by atoms with Gasteiger partial charge in [-0.05, 0) is 66.6 Å². The van der Waals surface area contributed by atoms with E-state index in [1.165, 1.54) is 103 Å². The standard InChI is InChI=1S/C29H56/c1-7-9-10-11-12-13-14-15-16-19-26-25(8-2)27(26)20-17-18-21-28(3,4)22-24-23-29(24,5)6/h24-27H,7-23H2,1-6H3. The van der Waals surface area contributed by atoms with Gasteiger partial charge in [-0.15, -0.1) is 0 Å². The first-order valence-electron chi connectivity index (χ1n) is 13.8. The highest BCUT2D eigenvalue weighted by Gasteiger charge is 2.48. The minimum atomic E-state index is 0.572. The molecule has 0 amide bonds. The van der Waals surface area contributed by atoms with E-state index < -0.39 is 0 Å². The van der Waals surface area contributed by atoms with Crippen LogP contribution in [-0.2, 0) is 0 Å². The number of rotatable bonds is 18. The Labute approximate surface area is 185 Å². The Bertz CT molecular complexity index is 431. The van der Waals surface area contributed by atoms with Gasteiger partial charge in [-0.3, -0.25) is 0 Å². The maximum absolute atomic E-state index is 2.53.